The summed E-state index contributed by atoms with van der Waals surface area (Å²) in [5.74, 6) is -0.342. The van der Waals surface area contributed by atoms with Crippen molar-refractivity contribution in [3.63, 3.8) is 0 Å². The van der Waals surface area contributed by atoms with Crippen LogP contribution >= 0.6 is 0 Å². The summed E-state index contributed by atoms with van der Waals surface area (Å²) in [5, 5.41) is 14.7. The topological polar surface area (TPSA) is 100.0 Å². The zero-order chi connectivity index (χ0) is 24.2. The van der Waals surface area contributed by atoms with Crippen LogP contribution in [0.4, 0.5) is 28.2 Å². The summed E-state index contributed by atoms with van der Waals surface area (Å²) < 4.78 is 56.4. The maximum atomic E-state index is 14.0. The molecule has 3 atom stereocenters. The third-order valence-corrected chi connectivity index (χ3v) is 6.57. The average molecular weight is 478 g/mol. The highest BCUT2D eigenvalue weighted by atomic mass is 19.4. The predicted octanol–water partition coefficient (Wildman–Crippen LogP) is 3.42. The lowest BCUT2D eigenvalue weighted by Crippen LogP contribution is -2.37. The fraction of sp³-hybridized carbons (Fsp3) is 0.409. The van der Waals surface area contributed by atoms with Crippen LogP contribution in [-0.2, 0) is 6.18 Å². The highest BCUT2D eigenvalue weighted by molar-refractivity contribution is 5.74. The quantitative estimate of drug-likeness (QED) is 0.562. The lowest BCUT2D eigenvalue weighted by atomic mass is 9.97. The van der Waals surface area contributed by atoms with E-state index in [9.17, 15) is 27.5 Å². The molecule has 0 radical (unpaired) electrons. The number of alkyl halides is 3. The van der Waals surface area contributed by atoms with Crippen molar-refractivity contribution in [1.82, 2.24) is 19.5 Å². The van der Waals surface area contributed by atoms with E-state index in [0.717, 1.165) is 18.2 Å². The van der Waals surface area contributed by atoms with Gasteiger partial charge in [0.05, 0.1) is 29.9 Å². The van der Waals surface area contributed by atoms with E-state index >= 15 is 0 Å². The van der Waals surface area contributed by atoms with Gasteiger partial charge in [-0.3, -0.25) is 0 Å². The number of halogens is 4. The first kappa shape index (κ1) is 22.4. The Morgan fingerprint density at radius 1 is 1.15 bits per heavy atom. The number of nitrogens with zero attached hydrogens (tertiary/aromatic N) is 5. The van der Waals surface area contributed by atoms with Gasteiger partial charge >= 0.3 is 12.2 Å². The molecule has 12 heteroatoms. The largest absolute Gasteiger partial charge is 0.416 e. The molecule has 4 heterocycles. The molecule has 8 nitrogen and oxygen atoms in total. The van der Waals surface area contributed by atoms with E-state index in [1.165, 1.54) is 15.6 Å². The highest BCUT2D eigenvalue weighted by Gasteiger charge is 2.40. The molecule has 2 aliphatic heterocycles. The summed E-state index contributed by atoms with van der Waals surface area (Å²) in [6, 6.07) is 2.03. The van der Waals surface area contributed by atoms with Crippen LogP contribution in [0.15, 0.2) is 36.7 Å². The third-order valence-electron chi connectivity index (χ3n) is 6.57. The normalized spacial score (nSPS) is 23.3. The fourth-order valence-corrected chi connectivity index (χ4v) is 5.08. The van der Waals surface area contributed by atoms with Crippen molar-refractivity contribution in [1.29, 1.82) is 0 Å². The van der Waals surface area contributed by atoms with Gasteiger partial charge in [-0.15, -0.1) is 0 Å². The number of urea groups is 1. The lowest BCUT2D eigenvalue weighted by Gasteiger charge is -2.28. The number of amides is 2. The van der Waals surface area contributed by atoms with Gasteiger partial charge in [-0.1, -0.05) is 0 Å². The lowest BCUT2D eigenvalue weighted by molar-refractivity contribution is -0.138. The second kappa shape index (κ2) is 8.12. The summed E-state index contributed by atoms with van der Waals surface area (Å²) in [6.45, 7) is 0.719. The number of aromatic nitrogens is 3. The number of rotatable bonds is 3. The number of primary amides is 1. The molecule has 0 saturated carbocycles. The average Bonchev–Trinajstić information content (AvgIpc) is 3.50. The number of nitrogens with two attached hydrogens (primary N) is 1. The SMILES string of the molecule is NC(=O)N1CCC(O)C1c1cnn2ccc(N3CCC[C@@H]3c3cc(F)ccc3C(F)(F)F)nc12. The number of aliphatic hydroxyl groups is 1. The smallest absolute Gasteiger partial charge is 0.391 e. The molecular weight excluding hydrogens is 456 g/mol. The van der Waals surface area contributed by atoms with Gasteiger partial charge in [0.15, 0.2) is 5.65 Å². The van der Waals surface area contributed by atoms with Crippen LogP contribution in [0.2, 0.25) is 0 Å². The first-order valence-electron chi connectivity index (χ1n) is 10.9. The van der Waals surface area contributed by atoms with Crippen molar-refractivity contribution in [2.45, 2.75) is 43.6 Å². The maximum absolute atomic E-state index is 14.0. The summed E-state index contributed by atoms with van der Waals surface area (Å²) in [4.78, 5) is 19.6. The van der Waals surface area contributed by atoms with Gasteiger partial charge in [0, 0.05) is 24.8 Å². The minimum Gasteiger partial charge on any atom is -0.391 e. The molecule has 180 valence electrons. The predicted molar refractivity (Wildman–Crippen MR) is 113 cm³/mol. The van der Waals surface area contributed by atoms with E-state index in [-0.39, 0.29) is 12.1 Å². The molecule has 5 rings (SSSR count). The van der Waals surface area contributed by atoms with Gasteiger partial charge in [0.25, 0.3) is 0 Å². The summed E-state index contributed by atoms with van der Waals surface area (Å²) in [6.07, 6.45) is -1.01. The van der Waals surface area contributed by atoms with Crippen LogP contribution in [0, 0.1) is 5.82 Å². The summed E-state index contributed by atoms with van der Waals surface area (Å²) in [5.41, 5.74) is 5.31. The van der Waals surface area contributed by atoms with Crippen molar-refractivity contribution in [3.8, 4) is 0 Å². The van der Waals surface area contributed by atoms with Gasteiger partial charge in [-0.05, 0) is 49.1 Å². The molecule has 3 N–H and O–H groups in total. The Labute approximate surface area is 191 Å². The number of benzene rings is 1. The number of hydrogen-bond donors (Lipinski definition) is 2. The number of likely N-dealkylation sites (tertiary alicyclic amines) is 1. The standard InChI is InChI=1S/C22H22F4N6O2/c23-12-3-4-15(22(24,25)26)13(10-12)16-2-1-7-30(16)18-6-9-32-20(29-18)14(11-28-32)19-17(33)5-8-31(19)21(27)34/h3-4,6,9-11,16-17,19,33H,1-2,5,7-8H2,(H2,27,34)/t16-,17?,19?/m1/s1. The molecule has 2 saturated heterocycles. The molecule has 2 aliphatic rings. The van der Waals surface area contributed by atoms with Crippen LogP contribution in [-0.4, -0.2) is 49.8 Å². The van der Waals surface area contributed by atoms with E-state index in [1.54, 1.807) is 17.2 Å². The number of anilines is 1. The fourth-order valence-electron chi connectivity index (χ4n) is 5.08. The molecule has 3 aromatic rings. The van der Waals surface area contributed by atoms with E-state index in [1.807, 2.05) is 0 Å². The van der Waals surface area contributed by atoms with Crippen LogP contribution in [0.25, 0.3) is 5.65 Å². The summed E-state index contributed by atoms with van der Waals surface area (Å²) in [7, 11) is 0. The second-order valence-electron chi connectivity index (χ2n) is 8.57. The van der Waals surface area contributed by atoms with Crippen LogP contribution in [0.5, 0.6) is 0 Å². The van der Waals surface area contributed by atoms with Gasteiger partial charge in [-0.25, -0.2) is 18.7 Å². The second-order valence-corrected chi connectivity index (χ2v) is 8.57. The molecule has 2 unspecified atom stereocenters. The molecule has 2 amide bonds. The van der Waals surface area contributed by atoms with Gasteiger partial charge < -0.3 is 20.6 Å². The highest BCUT2D eigenvalue weighted by Crippen LogP contribution is 2.42. The summed E-state index contributed by atoms with van der Waals surface area (Å²) >= 11 is 0. The Morgan fingerprint density at radius 2 is 1.94 bits per heavy atom. The van der Waals surface area contributed by atoms with Crippen molar-refractivity contribution in [2.75, 3.05) is 18.0 Å². The van der Waals surface area contributed by atoms with E-state index in [2.05, 4.69) is 10.1 Å². The molecule has 0 aliphatic carbocycles. The molecular formula is C22H22F4N6O2. The number of carbonyl (C=O) groups excluding carboxylic acids is 1. The number of carbonyl (C=O) groups is 1. The van der Waals surface area contributed by atoms with Crippen molar-refractivity contribution >= 4 is 17.5 Å². The molecule has 2 fully saturated rings. The van der Waals surface area contributed by atoms with Gasteiger partial charge in [0.1, 0.15) is 11.6 Å². The Balaban J connectivity index is 1.56. The van der Waals surface area contributed by atoms with Gasteiger partial charge in [0.2, 0.25) is 0 Å². The van der Waals surface area contributed by atoms with Crippen molar-refractivity contribution in [3.05, 3.63) is 59.2 Å². The first-order chi connectivity index (χ1) is 16.1. The van der Waals surface area contributed by atoms with Crippen LogP contribution in [0.3, 0.4) is 0 Å². The van der Waals surface area contributed by atoms with E-state index < -0.39 is 41.8 Å². The van der Waals surface area contributed by atoms with Crippen molar-refractivity contribution < 1.29 is 27.5 Å². The maximum Gasteiger partial charge on any atom is 0.416 e. The van der Waals surface area contributed by atoms with E-state index in [0.29, 0.717) is 42.8 Å². The zero-order valence-corrected chi connectivity index (χ0v) is 17.9. The van der Waals surface area contributed by atoms with E-state index in [4.69, 9.17) is 5.73 Å². The third kappa shape index (κ3) is 3.71. The Bertz CT molecular complexity index is 1250. The monoisotopic (exact) mass is 478 g/mol. The molecule has 1 aromatic carbocycles. The van der Waals surface area contributed by atoms with Crippen LogP contribution < -0.4 is 10.6 Å². The molecule has 0 bridgehead atoms. The minimum absolute atomic E-state index is 0.133. The number of fused-ring (bicyclic) bond motifs is 1. The van der Waals surface area contributed by atoms with Gasteiger partial charge in [-0.2, -0.15) is 18.3 Å². The minimum atomic E-state index is -4.62. The number of hydrogen-bond acceptors (Lipinski definition) is 5. The molecule has 2 aromatic heterocycles. The molecule has 0 spiro atoms. The first-order valence-corrected chi connectivity index (χ1v) is 10.9. The molecule has 34 heavy (non-hydrogen) atoms. The zero-order valence-electron chi connectivity index (χ0n) is 17.9. The van der Waals surface area contributed by atoms with Crippen LogP contribution in [0.1, 0.15) is 48.0 Å². The Hall–Kier alpha value is -3.41. The number of aliphatic hydroxyl groups excluding tert-OH is 1. The van der Waals surface area contributed by atoms with Crippen molar-refractivity contribution in [2.24, 2.45) is 5.73 Å². The Morgan fingerprint density at radius 3 is 2.68 bits per heavy atom. The Kier molecular flexibility index (Phi) is 5.34.